The molecule has 2 saturated heterocycles. The summed E-state index contributed by atoms with van der Waals surface area (Å²) in [7, 11) is 2.03. The Bertz CT molecular complexity index is 441. The standard InChI is InChI=1S/C14H23N5/c1-16-11-4-7-19(10-11)12-8-13(15)17-14(9-12)18-5-2-3-6-18/h8-9,11,16H,2-7,10H2,1H3,(H2,15,17)/t11-/m1/s1. The third-order valence-electron chi connectivity index (χ3n) is 4.21. The molecule has 3 heterocycles. The maximum absolute atomic E-state index is 5.98. The van der Waals surface area contributed by atoms with Crippen LogP contribution < -0.4 is 20.9 Å². The Balaban J connectivity index is 1.81. The summed E-state index contributed by atoms with van der Waals surface area (Å²) in [6, 6.07) is 4.78. The highest BCUT2D eigenvalue weighted by Crippen LogP contribution is 2.28. The summed E-state index contributed by atoms with van der Waals surface area (Å²) in [6.45, 7) is 4.36. The molecule has 104 valence electrons. The van der Waals surface area contributed by atoms with Gasteiger partial charge in [0.1, 0.15) is 11.6 Å². The van der Waals surface area contributed by atoms with Gasteiger partial charge in [-0.05, 0) is 26.3 Å². The van der Waals surface area contributed by atoms with Crippen molar-refractivity contribution in [2.45, 2.75) is 25.3 Å². The molecule has 0 unspecified atom stereocenters. The van der Waals surface area contributed by atoms with Gasteiger partial charge in [-0.1, -0.05) is 0 Å². The molecule has 1 aromatic heterocycles. The first kappa shape index (κ1) is 12.5. The predicted molar refractivity (Wildman–Crippen MR) is 79.8 cm³/mol. The van der Waals surface area contributed by atoms with Crippen LogP contribution >= 0.6 is 0 Å². The van der Waals surface area contributed by atoms with Crippen LogP contribution in [-0.2, 0) is 0 Å². The zero-order valence-corrected chi connectivity index (χ0v) is 11.6. The van der Waals surface area contributed by atoms with Gasteiger partial charge in [0.2, 0.25) is 0 Å². The molecule has 3 rings (SSSR count). The van der Waals surface area contributed by atoms with Crippen molar-refractivity contribution in [2.24, 2.45) is 0 Å². The fraction of sp³-hybridized carbons (Fsp3) is 0.643. The molecular weight excluding hydrogens is 238 g/mol. The van der Waals surface area contributed by atoms with Gasteiger partial charge in [0.15, 0.2) is 0 Å². The van der Waals surface area contributed by atoms with Crippen LogP contribution in [0.3, 0.4) is 0 Å². The fourth-order valence-corrected chi connectivity index (χ4v) is 3.04. The lowest BCUT2D eigenvalue weighted by atomic mass is 10.3. The monoisotopic (exact) mass is 261 g/mol. The summed E-state index contributed by atoms with van der Waals surface area (Å²) in [6.07, 6.45) is 3.71. The Morgan fingerprint density at radius 2 is 2.00 bits per heavy atom. The summed E-state index contributed by atoms with van der Waals surface area (Å²) in [5, 5.41) is 3.35. The summed E-state index contributed by atoms with van der Waals surface area (Å²) in [5.41, 5.74) is 7.20. The molecule has 19 heavy (non-hydrogen) atoms. The summed E-state index contributed by atoms with van der Waals surface area (Å²) in [5.74, 6) is 1.67. The van der Waals surface area contributed by atoms with E-state index in [1.165, 1.54) is 24.9 Å². The fourth-order valence-electron chi connectivity index (χ4n) is 3.04. The van der Waals surface area contributed by atoms with Gasteiger partial charge in [0.25, 0.3) is 0 Å². The van der Waals surface area contributed by atoms with E-state index < -0.39 is 0 Å². The van der Waals surface area contributed by atoms with E-state index in [1.54, 1.807) is 0 Å². The molecule has 0 aliphatic carbocycles. The van der Waals surface area contributed by atoms with Gasteiger partial charge < -0.3 is 20.9 Å². The van der Waals surface area contributed by atoms with Crippen molar-refractivity contribution in [1.29, 1.82) is 0 Å². The van der Waals surface area contributed by atoms with Crippen LogP contribution in [-0.4, -0.2) is 44.3 Å². The SMILES string of the molecule is CN[C@@H]1CCN(c2cc(N)nc(N3CCCC3)c2)C1. The molecule has 2 aliphatic rings. The Kier molecular flexibility index (Phi) is 3.46. The number of hydrogen-bond acceptors (Lipinski definition) is 5. The quantitative estimate of drug-likeness (QED) is 0.852. The molecule has 2 aliphatic heterocycles. The van der Waals surface area contributed by atoms with Crippen molar-refractivity contribution in [3.05, 3.63) is 12.1 Å². The molecule has 0 spiro atoms. The van der Waals surface area contributed by atoms with Crippen LogP contribution in [0, 0.1) is 0 Å². The Morgan fingerprint density at radius 1 is 1.21 bits per heavy atom. The number of nitrogens with zero attached hydrogens (tertiary/aromatic N) is 3. The normalized spacial score (nSPS) is 23.3. The zero-order chi connectivity index (χ0) is 13.2. The highest BCUT2D eigenvalue weighted by molar-refractivity contribution is 5.61. The molecule has 0 amide bonds. The third kappa shape index (κ3) is 2.61. The third-order valence-corrected chi connectivity index (χ3v) is 4.21. The average molecular weight is 261 g/mol. The van der Waals surface area contributed by atoms with Gasteiger partial charge in [-0.25, -0.2) is 4.98 Å². The average Bonchev–Trinajstić information content (AvgIpc) is 3.09. The first-order chi connectivity index (χ1) is 9.26. The number of anilines is 3. The van der Waals surface area contributed by atoms with E-state index in [-0.39, 0.29) is 0 Å². The van der Waals surface area contributed by atoms with E-state index in [0.29, 0.717) is 11.9 Å². The molecule has 2 fully saturated rings. The second kappa shape index (κ2) is 5.25. The first-order valence-corrected chi connectivity index (χ1v) is 7.21. The molecule has 5 nitrogen and oxygen atoms in total. The maximum atomic E-state index is 5.98. The minimum absolute atomic E-state index is 0.588. The van der Waals surface area contributed by atoms with Crippen LogP contribution in [0.4, 0.5) is 17.3 Å². The van der Waals surface area contributed by atoms with E-state index in [0.717, 1.165) is 32.0 Å². The summed E-state index contributed by atoms with van der Waals surface area (Å²) in [4.78, 5) is 9.23. The lowest BCUT2D eigenvalue weighted by molar-refractivity contribution is 0.617. The van der Waals surface area contributed by atoms with Gasteiger partial charge in [0.05, 0.1) is 0 Å². The summed E-state index contributed by atoms with van der Waals surface area (Å²) >= 11 is 0. The van der Waals surface area contributed by atoms with Crippen molar-refractivity contribution >= 4 is 17.3 Å². The number of likely N-dealkylation sites (N-methyl/N-ethyl adjacent to an activating group) is 1. The molecule has 0 bridgehead atoms. The van der Waals surface area contributed by atoms with E-state index >= 15 is 0 Å². The van der Waals surface area contributed by atoms with E-state index in [9.17, 15) is 0 Å². The molecular formula is C14H23N5. The Hall–Kier alpha value is -1.49. The van der Waals surface area contributed by atoms with Crippen LogP contribution in [0.15, 0.2) is 12.1 Å². The molecule has 3 N–H and O–H groups in total. The van der Waals surface area contributed by atoms with Gasteiger partial charge >= 0.3 is 0 Å². The summed E-state index contributed by atoms with van der Waals surface area (Å²) < 4.78 is 0. The number of nitrogens with one attached hydrogen (secondary N) is 1. The smallest absolute Gasteiger partial charge is 0.133 e. The first-order valence-electron chi connectivity index (χ1n) is 7.21. The van der Waals surface area contributed by atoms with Crippen LogP contribution in [0.5, 0.6) is 0 Å². The lowest BCUT2D eigenvalue weighted by Gasteiger charge is -2.23. The van der Waals surface area contributed by atoms with E-state index in [2.05, 4.69) is 26.2 Å². The highest BCUT2D eigenvalue weighted by atomic mass is 15.2. The van der Waals surface area contributed by atoms with E-state index in [1.807, 2.05) is 13.1 Å². The van der Waals surface area contributed by atoms with Crippen molar-refractivity contribution in [3.63, 3.8) is 0 Å². The zero-order valence-electron chi connectivity index (χ0n) is 11.6. The maximum Gasteiger partial charge on any atom is 0.133 e. The van der Waals surface area contributed by atoms with Crippen LogP contribution in [0.1, 0.15) is 19.3 Å². The number of rotatable bonds is 3. The van der Waals surface area contributed by atoms with Crippen molar-refractivity contribution < 1.29 is 0 Å². The number of nitrogen functional groups attached to an aromatic ring is 1. The number of pyridine rings is 1. The van der Waals surface area contributed by atoms with Crippen molar-refractivity contribution in [1.82, 2.24) is 10.3 Å². The second-order valence-corrected chi connectivity index (χ2v) is 5.52. The Labute approximate surface area is 114 Å². The predicted octanol–water partition coefficient (Wildman–Crippen LogP) is 1.06. The van der Waals surface area contributed by atoms with Gasteiger partial charge in [0, 0.05) is 50.0 Å². The largest absolute Gasteiger partial charge is 0.384 e. The van der Waals surface area contributed by atoms with Crippen molar-refractivity contribution in [2.75, 3.05) is 48.8 Å². The highest BCUT2D eigenvalue weighted by Gasteiger charge is 2.23. The van der Waals surface area contributed by atoms with Crippen LogP contribution in [0.25, 0.3) is 0 Å². The number of hydrogen-bond donors (Lipinski definition) is 2. The minimum Gasteiger partial charge on any atom is -0.384 e. The molecule has 0 radical (unpaired) electrons. The number of nitrogens with two attached hydrogens (primary N) is 1. The second-order valence-electron chi connectivity index (χ2n) is 5.52. The topological polar surface area (TPSA) is 57.4 Å². The molecule has 1 aromatic rings. The minimum atomic E-state index is 0.588. The molecule has 1 atom stereocenters. The number of aromatic nitrogens is 1. The Morgan fingerprint density at radius 3 is 2.68 bits per heavy atom. The van der Waals surface area contributed by atoms with Crippen LogP contribution in [0.2, 0.25) is 0 Å². The van der Waals surface area contributed by atoms with Gasteiger partial charge in [-0.3, -0.25) is 0 Å². The molecule has 5 heteroatoms. The molecule has 0 saturated carbocycles. The van der Waals surface area contributed by atoms with Gasteiger partial charge in [-0.2, -0.15) is 0 Å². The van der Waals surface area contributed by atoms with Crippen molar-refractivity contribution in [3.8, 4) is 0 Å². The lowest BCUT2D eigenvalue weighted by Crippen LogP contribution is -2.29. The molecule has 0 aromatic carbocycles. The van der Waals surface area contributed by atoms with E-state index in [4.69, 9.17) is 5.73 Å². The van der Waals surface area contributed by atoms with Gasteiger partial charge in [-0.15, -0.1) is 0 Å².